The lowest BCUT2D eigenvalue weighted by atomic mass is 9.83. The van der Waals surface area contributed by atoms with Crippen LogP contribution < -0.4 is 0 Å². The molecule has 28 heavy (non-hydrogen) atoms. The number of halogens is 7. The van der Waals surface area contributed by atoms with Crippen LogP contribution in [0.15, 0.2) is 36.4 Å². The van der Waals surface area contributed by atoms with Crippen molar-refractivity contribution < 1.29 is 35.5 Å². The lowest BCUT2D eigenvalue weighted by molar-refractivity contribution is -0.348. The summed E-state index contributed by atoms with van der Waals surface area (Å²) in [6.45, 7) is 0.925. The van der Waals surface area contributed by atoms with E-state index in [2.05, 4.69) is 0 Å². The highest BCUT2D eigenvalue weighted by Crippen LogP contribution is 2.56. The Morgan fingerprint density at radius 3 is 1.89 bits per heavy atom. The van der Waals surface area contributed by atoms with E-state index in [0.29, 0.717) is 6.07 Å². The molecule has 2 rings (SSSR count). The van der Waals surface area contributed by atoms with E-state index in [0.717, 1.165) is 0 Å². The third-order valence-corrected chi connectivity index (χ3v) is 4.12. The van der Waals surface area contributed by atoms with E-state index in [9.17, 15) is 30.7 Å². The second kappa shape index (κ2) is 7.43. The third kappa shape index (κ3) is 3.69. The van der Waals surface area contributed by atoms with Crippen LogP contribution in [0.2, 0.25) is 0 Å². The topological polar surface area (TPSA) is 33.0 Å². The monoisotopic (exact) mass is 405 g/mol. The normalized spacial score (nSPS) is 12.7. The molecule has 9 heteroatoms. The van der Waals surface area contributed by atoms with E-state index < -0.39 is 29.1 Å². The molecule has 0 bridgehead atoms. The molecular weight excluding hydrogens is 391 g/mol. The van der Waals surface area contributed by atoms with Crippen LogP contribution in [0.3, 0.4) is 0 Å². The Morgan fingerprint density at radius 1 is 0.929 bits per heavy atom. The molecule has 0 saturated carbocycles. The highest BCUT2D eigenvalue weighted by atomic mass is 19.4. The number of aryl methyl sites for hydroxylation is 1. The molecule has 0 aliphatic heterocycles. The summed E-state index contributed by atoms with van der Waals surface area (Å²) >= 11 is 0. The van der Waals surface area contributed by atoms with Gasteiger partial charge < -0.3 is 4.74 Å². The van der Waals surface area contributed by atoms with Crippen LogP contribution in [0.1, 0.15) is 22.3 Å². The number of benzene rings is 2. The predicted molar refractivity (Wildman–Crippen MR) is 86.9 cm³/mol. The second-order valence-corrected chi connectivity index (χ2v) is 6.12. The van der Waals surface area contributed by atoms with Crippen LogP contribution >= 0.6 is 0 Å². The van der Waals surface area contributed by atoms with Crippen molar-refractivity contribution in [2.45, 2.75) is 31.6 Å². The number of nitrogens with zero attached hydrogens (tertiary/aromatic N) is 1. The molecule has 0 radical (unpaired) electrons. The van der Waals surface area contributed by atoms with Gasteiger partial charge in [0.15, 0.2) is 0 Å². The minimum absolute atomic E-state index is 0.00923. The first-order valence-electron chi connectivity index (χ1n) is 7.82. The highest BCUT2D eigenvalue weighted by molar-refractivity contribution is 5.74. The maximum Gasteiger partial charge on any atom is 0.435 e. The van der Waals surface area contributed by atoms with Crippen molar-refractivity contribution in [3.63, 3.8) is 0 Å². The van der Waals surface area contributed by atoms with Crippen molar-refractivity contribution in [2.75, 3.05) is 7.11 Å². The van der Waals surface area contributed by atoms with Gasteiger partial charge >= 0.3 is 18.0 Å². The van der Waals surface area contributed by atoms with Crippen molar-refractivity contribution in [3.8, 4) is 17.2 Å². The van der Waals surface area contributed by atoms with Crippen LogP contribution in [0.4, 0.5) is 30.7 Å². The first-order chi connectivity index (χ1) is 12.9. The Hall–Kier alpha value is -2.60. The summed E-state index contributed by atoms with van der Waals surface area (Å²) in [4.78, 5) is 0. The van der Waals surface area contributed by atoms with Gasteiger partial charge in [0.05, 0.1) is 18.2 Å². The average Bonchev–Trinajstić information content (AvgIpc) is 2.59. The molecule has 0 amide bonds. The number of alkyl halides is 7. The SMILES string of the molecule is COCc1cc(C)cc(C(F)(C(F)(F)F)C(F)(F)F)c1-c1ccc(C#N)cc1. The molecule has 0 aliphatic carbocycles. The summed E-state index contributed by atoms with van der Waals surface area (Å²) in [7, 11) is 1.21. The molecule has 2 aromatic rings. The zero-order valence-corrected chi connectivity index (χ0v) is 14.7. The van der Waals surface area contributed by atoms with Crippen LogP contribution in [-0.4, -0.2) is 19.5 Å². The fourth-order valence-electron chi connectivity index (χ4n) is 2.92. The standard InChI is InChI=1S/C19H14F7NO/c1-11-7-14(10-28-2)16(13-5-3-12(9-27)4-6-13)15(8-11)17(20,18(21,22)23)19(24,25)26/h3-8H,10H2,1-2H3. The smallest absolute Gasteiger partial charge is 0.380 e. The van der Waals surface area contributed by atoms with Crippen molar-refractivity contribution >= 4 is 0 Å². The number of hydrogen-bond acceptors (Lipinski definition) is 2. The third-order valence-electron chi connectivity index (χ3n) is 4.12. The quantitative estimate of drug-likeness (QED) is 0.587. The van der Waals surface area contributed by atoms with Gasteiger partial charge in [-0.05, 0) is 35.7 Å². The number of rotatable bonds is 4. The van der Waals surface area contributed by atoms with Crippen molar-refractivity contribution in [1.82, 2.24) is 0 Å². The molecule has 0 aliphatic rings. The summed E-state index contributed by atoms with van der Waals surface area (Å²) in [6.07, 6.45) is -12.5. The maximum atomic E-state index is 14.9. The van der Waals surface area contributed by atoms with Gasteiger partial charge in [-0.2, -0.15) is 31.6 Å². The maximum absolute atomic E-state index is 14.9. The summed E-state index contributed by atoms with van der Waals surface area (Å²) in [5.74, 6) is 0. The minimum Gasteiger partial charge on any atom is -0.380 e. The Labute approximate surface area is 156 Å². The minimum atomic E-state index is -6.25. The first kappa shape index (κ1) is 21.7. The van der Waals surface area contributed by atoms with Gasteiger partial charge in [0.1, 0.15) is 0 Å². The Morgan fingerprint density at radius 2 is 1.46 bits per heavy atom. The van der Waals surface area contributed by atoms with E-state index in [4.69, 9.17) is 10.00 Å². The van der Waals surface area contributed by atoms with Crippen LogP contribution in [0, 0.1) is 18.3 Å². The van der Waals surface area contributed by atoms with Gasteiger partial charge in [0, 0.05) is 12.7 Å². The fourth-order valence-corrected chi connectivity index (χ4v) is 2.92. The summed E-state index contributed by atoms with van der Waals surface area (Å²) in [6, 6.07) is 8.42. The van der Waals surface area contributed by atoms with E-state index in [1.54, 1.807) is 6.07 Å². The zero-order valence-electron chi connectivity index (χ0n) is 14.7. The lowest BCUT2D eigenvalue weighted by Gasteiger charge is -2.33. The Bertz CT molecular complexity index is 879. The molecule has 0 unspecified atom stereocenters. The van der Waals surface area contributed by atoms with Crippen LogP contribution in [0.25, 0.3) is 11.1 Å². The predicted octanol–water partition coefficient (Wildman–Crippen LogP) is 5.97. The van der Waals surface area contributed by atoms with E-state index in [1.165, 1.54) is 44.4 Å². The largest absolute Gasteiger partial charge is 0.435 e. The lowest BCUT2D eigenvalue weighted by Crippen LogP contribution is -2.50. The summed E-state index contributed by atoms with van der Waals surface area (Å²) < 4.78 is 100. The molecule has 0 heterocycles. The van der Waals surface area contributed by atoms with Gasteiger partial charge in [-0.15, -0.1) is 0 Å². The molecule has 2 aromatic carbocycles. The van der Waals surface area contributed by atoms with Crippen LogP contribution in [0.5, 0.6) is 0 Å². The summed E-state index contributed by atoms with van der Waals surface area (Å²) in [5, 5.41) is 8.84. The van der Waals surface area contributed by atoms with Gasteiger partial charge in [0.25, 0.3) is 0 Å². The Balaban J connectivity index is 2.95. The fraction of sp³-hybridized carbons (Fsp3) is 0.316. The molecule has 2 nitrogen and oxygen atoms in total. The zero-order chi connectivity index (χ0) is 21.3. The highest BCUT2D eigenvalue weighted by Gasteiger charge is 2.74. The molecule has 0 saturated heterocycles. The van der Waals surface area contributed by atoms with E-state index in [-0.39, 0.29) is 28.9 Å². The molecule has 0 aromatic heterocycles. The van der Waals surface area contributed by atoms with E-state index in [1.807, 2.05) is 0 Å². The Kier molecular flexibility index (Phi) is 5.76. The average molecular weight is 405 g/mol. The molecular formula is C19H14F7NO. The van der Waals surface area contributed by atoms with Gasteiger partial charge in [0.2, 0.25) is 0 Å². The first-order valence-corrected chi connectivity index (χ1v) is 7.82. The number of hydrogen-bond donors (Lipinski definition) is 0. The summed E-state index contributed by atoms with van der Waals surface area (Å²) in [5.41, 5.74) is -7.72. The molecule has 150 valence electrons. The van der Waals surface area contributed by atoms with Crippen molar-refractivity contribution in [2.24, 2.45) is 0 Å². The van der Waals surface area contributed by atoms with E-state index >= 15 is 0 Å². The number of nitriles is 1. The van der Waals surface area contributed by atoms with Crippen LogP contribution in [-0.2, 0) is 17.0 Å². The number of methoxy groups -OCH3 is 1. The second-order valence-electron chi connectivity index (χ2n) is 6.12. The molecule has 0 N–H and O–H groups in total. The molecule has 0 atom stereocenters. The van der Waals surface area contributed by atoms with Gasteiger partial charge in [-0.25, -0.2) is 4.39 Å². The number of ether oxygens (including phenoxy) is 1. The molecule has 0 fully saturated rings. The van der Waals surface area contributed by atoms with Crippen molar-refractivity contribution in [1.29, 1.82) is 5.26 Å². The molecule has 0 spiro atoms. The van der Waals surface area contributed by atoms with Gasteiger partial charge in [-0.3, -0.25) is 0 Å². The van der Waals surface area contributed by atoms with Gasteiger partial charge in [-0.1, -0.05) is 29.8 Å². The van der Waals surface area contributed by atoms with Crippen molar-refractivity contribution in [3.05, 3.63) is 58.7 Å².